The maximum Gasteiger partial charge on any atom is 0.282 e. The summed E-state index contributed by atoms with van der Waals surface area (Å²) in [6.45, 7) is 5.83. The highest BCUT2D eigenvalue weighted by molar-refractivity contribution is 5.93. The van der Waals surface area contributed by atoms with Crippen molar-refractivity contribution in [1.29, 1.82) is 0 Å². The first-order valence-electron chi connectivity index (χ1n) is 7.94. The number of carbonyl (C=O) groups excluding carboxylic acids is 2. The molecule has 23 heavy (non-hydrogen) atoms. The summed E-state index contributed by atoms with van der Waals surface area (Å²) in [6, 6.07) is 5.59. The van der Waals surface area contributed by atoms with Crippen LogP contribution in [0.5, 0.6) is 0 Å². The minimum Gasteiger partial charge on any atom is -0.354 e. The highest BCUT2D eigenvalue weighted by Gasteiger charge is 2.31. The largest absolute Gasteiger partial charge is 0.354 e. The molecule has 2 amide bonds. The number of carbonyl (C=O) groups is 2. The van der Waals surface area contributed by atoms with E-state index in [2.05, 4.69) is 10.6 Å². The molecule has 1 fully saturated rings. The first kappa shape index (κ1) is 17.4. The van der Waals surface area contributed by atoms with E-state index in [-0.39, 0.29) is 23.7 Å². The quantitative estimate of drug-likeness (QED) is 0.491. The van der Waals surface area contributed by atoms with Gasteiger partial charge in [0.2, 0.25) is 0 Å². The second-order valence-electron chi connectivity index (χ2n) is 5.98. The topological polar surface area (TPSA) is 67.1 Å². The molecule has 1 atom stereocenters. The molecular formula is C16H25FN4O2+2. The van der Waals surface area contributed by atoms with Crippen LogP contribution in [0.1, 0.15) is 6.92 Å². The highest BCUT2D eigenvalue weighted by atomic mass is 19.1. The molecule has 1 aliphatic rings. The first-order chi connectivity index (χ1) is 11.0. The number of rotatable bonds is 5. The number of hydrogen-bond acceptors (Lipinski definition) is 2. The van der Waals surface area contributed by atoms with E-state index < -0.39 is 0 Å². The van der Waals surface area contributed by atoms with Crippen LogP contribution >= 0.6 is 0 Å². The van der Waals surface area contributed by atoms with Crippen molar-refractivity contribution in [3.63, 3.8) is 0 Å². The van der Waals surface area contributed by atoms with Crippen LogP contribution in [-0.2, 0) is 9.59 Å². The minimum absolute atomic E-state index is 0.0468. The SMILES string of the molecule is CNC(=O)C[NH+]1CC[NH+]([C@@H](C)C(=O)Nc2ccc(F)cc2)CC1. The normalized spacial score (nSPS) is 22.2. The lowest BCUT2D eigenvalue weighted by atomic mass is 10.2. The Bertz CT molecular complexity index is 542. The zero-order chi connectivity index (χ0) is 16.8. The number of amides is 2. The van der Waals surface area contributed by atoms with Crippen molar-refractivity contribution in [2.45, 2.75) is 13.0 Å². The molecule has 1 aromatic rings. The summed E-state index contributed by atoms with van der Waals surface area (Å²) in [5.41, 5.74) is 0.603. The van der Waals surface area contributed by atoms with Gasteiger partial charge in [-0.1, -0.05) is 0 Å². The molecule has 4 N–H and O–H groups in total. The molecule has 0 bridgehead atoms. The molecule has 0 aromatic heterocycles. The molecule has 0 spiro atoms. The molecule has 0 saturated carbocycles. The van der Waals surface area contributed by atoms with Gasteiger partial charge in [-0.3, -0.25) is 9.59 Å². The van der Waals surface area contributed by atoms with E-state index in [0.29, 0.717) is 12.2 Å². The summed E-state index contributed by atoms with van der Waals surface area (Å²) >= 11 is 0. The number of likely N-dealkylation sites (N-methyl/N-ethyl adjacent to an activating group) is 1. The summed E-state index contributed by atoms with van der Waals surface area (Å²) in [6.07, 6.45) is 0. The zero-order valence-corrected chi connectivity index (χ0v) is 13.6. The van der Waals surface area contributed by atoms with Crippen LogP contribution in [-0.4, -0.2) is 57.6 Å². The summed E-state index contributed by atoms with van der Waals surface area (Å²) in [5, 5.41) is 5.46. The minimum atomic E-state index is -0.322. The molecule has 126 valence electrons. The third-order valence-electron chi connectivity index (χ3n) is 4.41. The lowest BCUT2D eigenvalue weighted by molar-refractivity contribution is -1.01. The first-order valence-corrected chi connectivity index (χ1v) is 7.94. The lowest BCUT2D eigenvalue weighted by Crippen LogP contribution is -3.30. The Morgan fingerprint density at radius 3 is 2.35 bits per heavy atom. The van der Waals surface area contributed by atoms with Gasteiger partial charge in [-0.2, -0.15) is 0 Å². The highest BCUT2D eigenvalue weighted by Crippen LogP contribution is 2.08. The van der Waals surface area contributed by atoms with Crippen molar-refractivity contribution >= 4 is 17.5 Å². The van der Waals surface area contributed by atoms with Gasteiger partial charge in [0.25, 0.3) is 11.8 Å². The van der Waals surface area contributed by atoms with Crippen LogP contribution in [0.4, 0.5) is 10.1 Å². The zero-order valence-electron chi connectivity index (χ0n) is 13.6. The smallest absolute Gasteiger partial charge is 0.282 e. The van der Waals surface area contributed by atoms with Crippen LogP contribution in [0, 0.1) is 5.82 Å². The van der Waals surface area contributed by atoms with Gasteiger partial charge < -0.3 is 20.4 Å². The molecule has 1 aromatic carbocycles. The Kier molecular flexibility index (Phi) is 6.06. The van der Waals surface area contributed by atoms with E-state index in [1.165, 1.54) is 21.9 Å². The van der Waals surface area contributed by atoms with E-state index in [9.17, 15) is 14.0 Å². The van der Waals surface area contributed by atoms with Crippen LogP contribution in [0.3, 0.4) is 0 Å². The van der Waals surface area contributed by atoms with Gasteiger partial charge in [0.15, 0.2) is 12.6 Å². The van der Waals surface area contributed by atoms with E-state index in [0.717, 1.165) is 26.2 Å². The molecular weight excluding hydrogens is 299 g/mol. The summed E-state index contributed by atoms with van der Waals surface area (Å²) in [5.74, 6) is -0.344. The fourth-order valence-corrected chi connectivity index (χ4v) is 2.82. The number of quaternary nitrogens is 2. The predicted molar refractivity (Wildman–Crippen MR) is 84.8 cm³/mol. The maximum atomic E-state index is 12.9. The summed E-state index contributed by atoms with van der Waals surface area (Å²) in [7, 11) is 1.64. The Morgan fingerprint density at radius 1 is 1.17 bits per heavy atom. The van der Waals surface area contributed by atoms with Gasteiger partial charge in [0.05, 0.1) is 0 Å². The van der Waals surface area contributed by atoms with E-state index in [1.807, 2.05) is 6.92 Å². The monoisotopic (exact) mass is 324 g/mol. The van der Waals surface area contributed by atoms with Crippen molar-refractivity contribution in [3.05, 3.63) is 30.1 Å². The van der Waals surface area contributed by atoms with Gasteiger partial charge in [0, 0.05) is 12.7 Å². The lowest BCUT2D eigenvalue weighted by Gasteiger charge is -2.32. The number of piperazine rings is 1. The van der Waals surface area contributed by atoms with Gasteiger partial charge in [-0.15, -0.1) is 0 Å². The Morgan fingerprint density at radius 2 is 1.78 bits per heavy atom. The van der Waals surface area contributed by atoms with Crippen molar-refractivity contribution in [2.75, 3.05) is 45.1 Å². The Hall–Kier alpha value is -1.99. The molecule has 2 rings (SSSR count). The van der Waals surface area contributed by atoms with Gasteiger partial charge in [0.1, 0.15) is 32.0 Å². The fraction of sp³-hybridized carbons (Fsp3) is 0.500. The van der Waals surface area contributed by atoms with Gasteiger partial charge >= 0.3 is 0 Å². The Labute approximate surface area is 135 Å². The fourth-order valence-electron chi connectivity index (χ4n) is 2.82. The van der Waals surface area contributed by atoms with Crippen molar-refractivity contribution in [3.8, 4) is 0 Å². The molecule has 0 radical (unpaired) electrons. The Balaban J connectivity index is 1.81. The standard InChI is InChI=1S/C16H23FN4O2/c1-12(16(23)19-14-5-3-13(17)4-6-14)21-9-7-20(8-10-21)11-15(22)18-2/h3-6,12H,7-11H2,1-2H3,(H,18,22)(H,19,23)/p+2/t12-/m0/s1. The second kappa shape index (κ2) is 8.03. The van der Waals surface area contributed by atoms with E-state index >= 15 is 0 Å². The number of halogens is 1. The number of hydrogen-bond donors (Lipinski definition) is 4. The second-order valence-corrected chi connectivity index (χ2v) is 5.98. The average molecular weight is 324 g/mol. The predicted octanol–water partition coefficient (Wildman–Crippen LogP) is -2.32. The molecule has 1 aliphatic heterocycles. The molecule has 6 nitrogen and oxygen atoms in total. The maximum absolute atomic E-state index is 12.9. The van der Waals surface area contributed by atoms with Crippen LogP contribution in [0.25, 0.3) is 0 Å². The average Bonchev–Trinajstić information content (AvgIpc) is 2.56. The number of anilines is 1. The summed E-state index contributed by atoms with van der Waals surface area (Å²) in [4.78, 5) is 26.2. The molecule has 7 heteroatoms. The molecule has 1 saturated heterocycles. The van der Waals surface area contributed by atoms with Crippen LogP contribution in [0.2, 0.25) is 0 Å². The van der Waals surface area contributed by atoms with Gasteiger partial charge in [-0.05, 0) is 31.2 Å². The van der Waals surface area contributed by atoms with Crippen molar-refractivity contribution in [2.24, 2.45) is 0 Å². The van der Waals surface area contributed by atoms with Crippen LogP contribution in [0.15, 0.2) is 24.3 Å². The third kappa shape index (κ3) is 5.01. The number of benzene rings is 1. The molecule has 1 heterocycles. The molecule has 0 aliphatic carbocycles. The van der Waals surface area contributed by atoms with Gasteiger partial charge in [-0.25, -0.2) is 4.39 Å². The van der Waals surface area contributed by atoms with E-state index in [4.69, 9.17) is 0 Å². The summed E-state index contributed by atoms with van der Waals surface area (Å²) < 4.78 is 12.9. The molecule has 0 unspecified atom stereocenters. The van der Waals surface area contributed by atoms with E-state index in [1.54, 1.807) is 19.2 Å². The number of nitrogens with one attached hydrogen (secondary N) is 4. The third-order valence-corrected chi connectivity index (χ3v) is 4.41. The van der Waals surface area contributed by atoms with Crippen LogP contribution < -0.4 is 20.4 Å². The van der Waals surface area contributed by atoms with Crippen molar-refractivity contribution in [1.82, 2.24) is 5.32 Å². The van der Waals surface area contributed by atoms with Crippen molar-refractivity contribution < 1.29 is 23.8 Å².